The van der Waals surface area contributed by atoms with Gasteiger partial charge in [-0.25, -0.2) is 4.98 Å². The number of aromatic nitrogens is 1. The van der Waals surface area contributed by atoms with Crippen molar-refractivity contribution in [2.75, 3.05) is 22.5 Å². The smallest absolute Gasteiger partial charge is 0.272 e. The molecule has 3 rings (SSSR count). The van der Waals surface area contributed by atoms with Gasteiger partial charge in [0.1, 0.15) is 12.4 Å². The van der Waals surface area contributed by atoms with Gasteiger partial charge in [0.25, 0.3) is 5.91 Å². The molecule has 0 radical (unpaired) electrons. The molecule has 0 saturated carbocycles. The number of para-hydroxylation sites is 1. The number of nitrogens with zero attached hydrogens (tertiary/aromatic N) is 2. The Balaban J connectivity index is 1.87. The van der Waals surface area contributed by atoms with E-state index < -0.39 is 5.60 Å². The average molecular weight is 368 g/mol. The van der Waals surface area contributed by atoms with Crippen molar-refractivity contribution in [3.8, 4) is 5.75 Å². The summed E-state index contributed by atoms with van der Waals surface area (Å²) in [6.07, 6.45) is 0. The lowest BCUT2D eigenvalue weighted by Crippen LogP contribution is -2.54. The lowest BCUT2D eigenvalue weighted by molar-refractivity contribution is -0.133. The second-order valence-electron chi connectivity index (χ2n) is 7.35. The van der Waals surface area contributed by atoms with Gasteiger partial charge in [-0.3, -0.25) is 14.5 Å². The minimum atomic E-state index is -1.10. The predicted molar refractivity (Wildman–Crippen MR) is 105 cm³/mol. The number of anilines is 3. The number of rotatable bonds is 4. The summed E-state index contributed by atoms with van der Waals surface area (Å²) < 4.78 is 5.73. The van der Waals surface area contributed by atoms with Crippen LogP contribution in [0, 0.1) is 0 Å². The summed E-state index contributed by atoms with van der Waals surface area (Å²) in [6, 6.07) is 10.9. The summed E-state index contributed by atoms with van der Waals surface area (Å²) in [7, 11) is 0. The molecule has 0 atom stereocenters. The number of hydrogen-bond donors (Lipinski definition) is 2. The zero-order chi connectivity index (χ0) is 19.8. The lowest BCUT2D eigenvalue weighted by Gasteiger charge is -2.37. The molecule has 0 bridgehead atoms. The number of amides is 2. The second-order valence-corrected chi connectivity index (χ2v) is 7.35. The SMILES string of the molecule is CC(C)c1ccccc1NC(=O)CN1C(=O)C(C)(C)Oc2ccc(N)nc21. The molecule has 1 aromatic heterocycles. The van der Waals surface area contributed by atoms with Crippen molar-refractivity contribution in [3.05, 3.63) is 42.0 Å². The fraction of sp³-hybridized carbons (Fsp3) is 0.350. The quantitative estimate of drug-likeness (QED) is 0.865. The normalized spacial score (nSPS) is 15.3. The molecular formula is C20H24N4O3. The van der Waals surface area contributed by atoms with Crippen molar-refractivity contribution in [2.45, 2.75) is 39.2 Å². The minimum Gasteiger partial charge on any atom is -0.474 e. The zero-order valence-electron chi connectivity index (χ0n) is 15.9. The summed E-state index contributed by atoms with van der Waals surface area (Å²) in [5.74, 6) is 0.522. The maximum absolute atomic E-state index is 12.8. The Labute approximate surface area is 158 Å². The fourth-order valence-corrected chi connectivity index (χ4v) is 3.06. The van der Waals surface area contributed by atoms with Gasteiger partial charge >= 0.3 is 0 Å². The van der Waals surface area contributed by atoms with Crippen LogP contribution in [-0.4, -0.2) is 28.9 Å². The van der Waals surface area contributed by atoms with E-state index in [-0.39, 0.29) is 35.9 Å². The van der Waals surface area contributed by atoms with Gasteiger partial charge in [-0.2, -0.15) is 0 Å². The standard InChI is InChI=1S/C20H24N4O3/c1-12(2)13-7-5-6-8-14(13)22-17(25)11-24-18-15(9-10-16(21)23-18)27-20(3,4)19(24)26/h5-10,12H,11H2,1-4H3,(H2,21,23)(H,22,25). The zero-order valence-corrected chi connectivity index (χ0v) is 15.9. The highest BCUT2D eigenvalue weighted by Gasteiger charge is 2.42. The van der Waals surface area contributed by atoms with Crippen LogP contribution in [0.4, 0.5) is 17.3 Å². The number of nitrogen functional groups attached to an aromatic ring is 1. The van der Waals surface area contributed by atoms with Crippen LogP contribution >= 0.6 is 0 Å². The summed E-state index contributed by atoms with van der Waals surface area (Å²) >= 11 is 0. The molecule has 27 heavy (non-hydrogen) atoms. The monoisotopic (exact) mass is 368 g/mol. The number of ether oxygens (including phenoxy) is 1. The number of pyridine rings is 1. The number of nitrogens with two attached hydrogens (primary N) is 1. The Morgan fingerprint density at radius 1 is 1.26 bits per heavy atom. The molecule has 3 N–H and O–H groups in total. The molecule has 0 unspecified atom stereocenters. The molecule has 2 aromatic rings. The van der Waals surface area contributed by atoms with Crippen molar-refractivity contribution in [2.24, 2.45) is 0 Å². The highest BCUT2D eigenvalue weighted by atomic mass is 16.5. The van der Waals surface area contributed by atoms with Crippen molar-refractivity contribution in [1.82, 2.24) is 4.98 Å². The van der Waals surface area contributed by atoms with Crippen molar-refractivity contribution in [1.29, 1.82) is 0 Å². The largest absolute Gasteiger partial charge is 0.474 e. The van der Waals surface area contributed by atoms with E-state index in [1.807, 2.05) is 24.3 Å². The Bertz CT molecular complexity index is 893. The van der Waals surface area contributed by atoms with Gasteiger partial charge in [0.05, 0.1) is 0 Å². The number of fused-ring (bicyclic) bond motifs is 1. The van der Waals surface area contributed by atoms with Gasteiger partial charge in [0.15, 0.2) is 17.2 Å². The Kier molecular flexibility index (Phi) is 4.78. The molecule has 0 aliphatic carbocycles. The molecule has 2 heterocycles. The Morgan fingerprint density at radius 3 is 2.67 bits per heavy atom. The highest BCUT2D eigenvalue weighted by molar-refractivity contribution is 6.07. The van der Waals surface area contributed by atoms with Crippen molar-refractivity contribution < 1.29 is 14.3 Å². The molecule has 0 saturated heterocycles. The van der Waals surface area contributed by atoms with Gasteiger partial charge in [0, 0.05) is 5.69 Å². The predicted octanol–water partition coefficient (Wildman–Crippen LogP) is 2.93. The molecule has 0 spiro atoms. The molecule has 2 amide bonds. The van der Waals surface area contributed by atoms with Gasteiger partial charge < -0.3 is 15.8 Å². The molecule has 7 nitrogen and oxygen atoms in total. The van der Waals surface area contributed by atoms with Gasteiger partial charge in [-0.05, 0) is 43.5 Å². The summed E-state index contributed by atoms with van der Waals surface area (Å²) in [5, 5.41) is 2.90. The number of carbonyl (C=O) groups excluding carboxylic acids is 2. The van der Waals surface area contributed by atoms with Gasteiger partial charge in [-0.15, -0.1) is 0 Å². The minimum absolute atomic E-state index is 0.179. The Hall–Kier alpha value is -3.09. The first kappa shape index (κ1) is 18.7. The van der Waals surface area contributed by atoms with Crippen LogP contribution in [-0.2, 0) is 9.59 Å². The Morgan fingerprint density at radius 2 is 1.96 bits per heavy atom. The second kappa shape index (κ2) is 6.90. The van der Waals surface area contributed by atoms with Crippen molar-refractivity contribution >= 4 is 29.1 Å². The molecular weight excluding hydrogens is 344 g/mol. The van der Waals surface area contributed by atoms with Crippen LogP contribution in [0.2, 0.25) is 0 Å². The average Bonchev–Trinajstić information content (AvgIpc) is 2.60. The van der Waals surface area contributed by atoms with E-state index in [4.69, 9.17) is 10.5 Å². The van der Waals surface area contributed by atoms with Gasteiger partial charge in [0.2, 0.25) is 5.91 Å². The molecule has 0 fully saturated rings. The summed E-state index contributed by atoms with van der Waals surface area (Å²) in [6.45, 7) is 7.26. The topological polar surface area (TPSA) is 97.5 Å². The van der Waals surface area contributed by atoms with Crippen LogP contribution in [0.3, 0.4) is 0 Å². The molecule has 1 aliphatic heterocycles. The first-order valence-corrected chi connectivity index (χ1v) is 8.85. The fourth-order valence-electron chi connectivity index (χ4n) is 3.06. The summed E-state index contributed by atoms with van der Waals surface area (Å²) in [5.41, 5.74) is 6.43. The van der Waals surface area contributed by atoms with E-state index in [0.717, 1.165) is 11.3 Å². The van der Waals surface area contributed by atoms with E-state index in [9.17, 15) is 9.59 Å². The lowest BCUT2D eigenvalue weighted by atomic mass is 10.0. The highest BCUT2D eigenvalue weighted by Crippen LogP contribution is 2.36. The van der Waals surface area contributed by atoms with E-state index in [1.165, 1.54) is 4.90 Å². The van der Waals surface area contributed by atoms with E-state index in [0.29, 0.717) is 5.75 Å². The number of benzene rings is 1. The molecule has 7 heteroatoms. The van der Waals surface area contributed by atoms with Gasteiger partial charge in [-0.1, -0.05) is 32.0 Å². The van der Waals surface area contributed by atoms with Crippen LogP contribution < -0.4 is 20.7 Å². The third kappa shape index (κ3) is 3.72. The maximum Gasteiger partial charge on any atom is 0.272 e. The van der Waals surface area contributed by atoms with Crippen LogP contribution in [0.15, 0.2) is 36.4 Å². The third-order valence-corrected chi connectivity index (χ3v) is 4.40. The number of hydrogen-bond acceptors (Lipinski definition) is 5. The number of nitrogens with one attached hydrogen (secondary N) is 1. The van der Waals surface area contributed by atoms with Crippen LogP contribution in [0.1, 0.15) is 39.2 Å². The molecule has 1 aliphatic rings. The summed E-state index contributed by atoms with van der Waals surface area (Å²) in [4.78, 5) is 31.0. The first-order valence-electron chi connectivity index (χ1n) is 8.85. The maximum atomic E-state index is 12.8. The third-order valence-electron chi connectivity index (χ3n) is 4.40. The van der Waals surface area contributed by atoms with Crippen molar-refractivity contribution in [3.63, 3.8) is 0 Å². The number of carbonyl (C=O) groups is 2. The van der Waals surface area contributed by atoms with E-state index in [1.54, 1.807) is 26.0 Å². The first-order chi connectivity index (χ1) is 12.7. The van der Waals surface area contributed by atoms with E-state index in [2.05, 4.69) is 24.1 Å². The van der Waals surface area contributed by atoms with Crippen LogP contribution in [0.5, 0.6) is 5.75 Å². The molecule has 142 valence electrons. The van der Waals surface area contributed by atoms with E-state index >= 15 is 0 Å². The van der Waals surface area contributed by atoms with Crippen LogP contribution in [0.25, 0.3) is 0 Å². The molecule has 1 aromatic carbocycles.